The van der Waals surface area contributed by atoms with E-state index in [0.29, 0.717) is 41.0 Å². The van der Waals surface area contributed by atoms with Crippen molar-refractivity contribution in [3.63, 3.8) is 0 Å². The van der Waals surface area contributed by atoms with Gasteiger partial charge in [-0.3, -0.25) is 14.9 Å². The van der Waals surface area contributed by atoms with Gasteiger partial charge in [0.05, 0.1) is 32.9 Å². The lowest BCUT2D eigenvalue weighted by Crippen LogP contribution is -2.28. The van der Waals surface area contributed by atoms with Crippen LogP contribution >= 0.6 is 11.3 Å². The summed E-state index contributed by atoms with van der Waals surface area (Å²) in [6.45, 7) is 0.901. The van der Waals surface area contributed by atoms with Crippen LogP contribution < -0.4 is 20.1 Å². The lowest BCUT2D eigenvalue weighted by Gasteiger charge is -2.09. The van der Waals surface area contributed by atoms with E-state index < -0.39 is 0 Å². The Morgan fingerprint density at radius 3 is 2.62 bits per heavy atom. The fourth-order valence-electron chi connectivity index (χ4n) is 2.11. The Morgan fingerprint density at radius 1 is 1.15 bits per heavy atom. The van der Waals surface area contributed by atoms with Crippen molar-refractivity contribution in [2.45, 2.75) is 6.42 Å². The maximum Gasteiger partial charge on any atom is 0.257 e. The van der Waals surface area contributed by atoms with E-state index in [2.05, 4.69) is 15.6 Å². The zero-order chi connectivity index (χ0) is 18.9. The summed E-state index contributed by atoms with van der Waals surface area (Å²) in [5, 5.41) is 7.59. The van der Waals surface area contributed by atoms with Gasteiger partial charge in [-0.2, -0.15) is 0 Å². The number of carbonyl (C=O) groups excluding carboxylic acids is 2. The van der Waals surface area contributed by atoms with Crippen molar-refractivity contribution >= 4 is 28.3 Å². The van der Waals surface area contributed by atoms with Gasteiger partial charge in [-0.05, 0) is 18.2 Å². The van der Waals surface area contributed by atoms with Crippen LogP contribution in [0, 0.1) is 0 Å². The molecule has 0 aliphatic rings. The van der Waals surface area contributed by atoms with E-state index in [0.717, 1.165) is 0 Å². The maximum absolute atomic E-state index is 12.4. The molecule has 0 fully saturated rings. The van der Waals surface area contributed by atoms with Crippen molar-refractivity contribution in [2.75, 3.05) is 39.8 Å². The number of hydrogen-bond donors (Lipinski definition) is 2. The largest absolute Gasteiger partial charge is 0.493 e. The molecule has 1 aromatic heterocycles. The van der Waals surface area contributed by atoms with Crippen LogP contribution in [0.25, 0.3) is 0 Å². The summed E-state index contributed by atoms with van der Waals surface area (Å²) in [6.07, 6.45) is 0.145. The minimum absolute atomic E-state index is 0.145. The SMILES string of the molecule is COCCNC(=O)Cc1csc(NC(=O)c2ccc(OC)c(OC)c2)n1. The number of methoxy groups -OCH3 is 3. The number of benzene rings is 1. The van der Waals surface area contributed by atoms with Gasteiger partial charge in [-0.1, -0.05) is 0 Å². The molecule has 2 amide bonds. The molecule has 26 heavy (non-hydrogen) atoms. The Balaban J connectivity index is 1.96. The van der Waals surface area contributed by atoms with Crippen LogP contribution in [0.5, 0.6) is 11.5 Å². The van der Waals surface area contributed by atoms with Gasteiger partial charge in [-0.25, -0.2) is 4.98 Å². The first-order chi connectivity index (χ1) is 12.6. The fraction of sp³-hybridized carbons (Fsp3) is 0.353. The molecule has 0 bridgehead atoms. The molecule has 8 nitrogen and oxygen atoms in total. The molecule has 0 saturated heterocycles. The first kappa shape index (κ1) is 19.7. The van der Waals surface area contributed by atoms with Gasteiger partial charge in [0, 0.05) is 24.6 Å². The summed E-state index contributed by atoms with van der Waals surface area (Å²) in [4.78, 5) is 28.4. The number of hydrogen-bond acceptors (Lipinski definition) is 7. The van der Waals surface area contributed by atoms with Gasteiger partial charge in [0.1, 0.15) is 0 Å². The van der Waals surface area contributed by atoms with Crippen molar-refractivity contribution in [3.8, 4) is 11.5 Å². The zero-order valence-electron chi connectivity index (χ0n) is 14.8. The highest BCUT2D eigenvalue weighted by atomic mass is 32.1. The second kappa shape index (κ2) is 9.73. The highest BCUT2D eigenvalue weighted by molar-refractivity contribution is 7.14. The van der Waals surface area contributed by atoms with E-state index in [1.54, 1.807) is 30.7 Å². The molecule has 140 valence electrons. The predicted molar refractivity (Wildman–Crippen MR) is 98.2 cm³/mol. The Morgan fingerprint density at radius 2 is 1.92 bits per heavy atom. The molecule has 0 aliphatic heterocycles. The smallest absolute Gasteiger partial charge is 0.257 e. The normalized spacial score (nSPS) is 10.3. The average Bonchev–Trinajstić information content (AvgIpc) is 3.07. The van der Waals surface area contributed by atoms with Gasteiger partial charge in [0.25, 0.3) is 5.91 Å². The van der Waals surface area contributed by atoms with Crippen LogP contribution in [0.15, 0.2) is 23.6 Å². The minimum atomic E-state index is -0.323. The quantitative estimate of drug-likeness (QED) is 0.644. The number of thiazole rings is 1. The van der Waals surface area contributed by atoms with Crippen molar-refractivity contribution in [3.05, 3.63) is 34.8 Å². The second-order valence-electron chi connectivity index (χ2n) is 5.19. The third-order valence-electron chi connectivity index (χ3n) is 3.39. The minimum Gasteiger partial charge on any atom is -0.493 e. The zero-order valence-corrected chi connectivity index (χ0v) is 15.6. The molecule has 0 radical (unpaired) electrons. The van der Waals surface area contributed by atoms with E-state index >= 15 is 0 Å². The van der Waals surface area contributed by atoms with Gasteiger partial charge >= 0.3 is 0 Å². The fourth-order valence-corrected chi connectivity index (χ4v) is 2.82. The number of amides is 2. The molecular weight excluding hydrogens is 358 g/mol. The molecule has 9 heteroatoms. The maximum atomic E-state index is 12.4. The van der Waals surface area contributed by atoms with Crippen molar-refractivity contribution < 1.29 is 23.8 Å². The molecule has 0 spiro atoms. The van der Waals surface area contributed by atoms with E-state index in [1.807, 2.05) is 0 Å². The summed E-state index contributed by atoms with van der Waals surface area (Å²) in [6, 6.07) is 4.88. The Labute approximate surface area is 155 Å². The van der Waals surface area contributed by atoms with Crippen LogP contribution in [0.2, 0.25) is 0 Å². The van der Waals surface area contributed by atoms with E-state index in [4.69, 9.17) is 14.2 Å². The summed E-state index contributed by atoms with van der Waals surface area (Å²) < 4.78 is 15.2. The molecule has 0 unspecified atom stereocenters. The molecule has 0 atom stereocenters. The average molecular weight is 379 g/mol. The number of nitrogens with one attached hydrogen (secondary N) is 2. The van der Waals surface area contributed by atoms with Gasteiger partial charge in [0.2, 0.25) is 5.91 Å². The van der Waals surface area contributed by atoms with Crippen LogP contribution in [-0.4, -0.2) is 51.3 Å². The first-order valence-electron chi connectivity index (χ1n) is 7.80. The molecular formula is C17H21N3O5S. The van der Waals surface area contributed by atoms with Crippen molar-refractivity contribution in [1.82, 2.24) is 10.3 Å². The standard InChI is InChI=1S/C17H21N3O5S/c1-23-7-6-18-15(21)9-12-10-26-17(19-12)20-16(22)11-4-5-13(24-2)14(8-11)25-3/h4-5,8,10H,6-7,9H2,1-3H3,(H,18,21)(H,19,20,22). The van der Waals surface area contributed by atoms with Gasteiger partial charge in [0.15, 0.2) is 16.6 Å². The Bertz CT molecular complexity index is 763. The summed E-state index contributed by atoms with van der Waals surface area (Å²) in [7, 11) is 4.60. The second-order valence-corrected chi connectivity index (χ2v) is 6.05. The lowest BCUT2D eigenvalue weighted by atomic mass is 10.2. The monoisotopic (exact) mass is 379 g/mol. The molecule has 1 heterocycles. The number of rotatable bonds is 9. The number of carbonyl (C=O) groups is 2. The highest BCUT2D eigenvalue weighted by Crippen LogP contribution is 2.28. The Hall–Kier alpha value is -2.65. The third-order valence-corrected chi connectivity index (χ3v) is 4.19. The first-order valence-corrected chi connectivity index (χ1v) is 8.68. The van der Waals surface area contributed by atoms with Crippen molar-refractivity contribution in [1.29, 1.82) is 0 Å². The lowest BCUT2D eigenvalue weighted by molar-refractivity contribution is -0.120. The molecule has 1 aromatic carbocycles. The summed E-state index contributed by atoms with van der Waals surface area (Å²) in [5.41, 5.74) is 1.00. The van der Waals surface area contributed by atoms with Crippen LogP contribution in [0.3, 0.4) is 0 Å². The van der Waals surface area contributed by atoms with Gasteiger partial charge in [-0.15, -0.1) is 11.3 Å². The van der Waals surface area contributed by atoms with E-state index in [-0.39, 0.29) is 18.2 Å². The molecule has 0 saturated carbocycles. The van der Waals surface area contributed by atoms with Crippen LogP contribution in [-0.2, 0) is 16.0 Å². The van der Waals surface area contributed by atoms with Crippen molar-refractivity contribution in [2.24, 2.45) is 0 Å². The topological polar surface area (TPSA) is 98.8 Å². The van der Waals surface area contributed by atoms with Gasteiger partial charge < -0.3 is 19.5 Å². The molecule has 2 aromatic rings. The number of aromatic nitrogens is 1. The van der Waals surface area contributed by atoms with Crippen LogP contribution in [0.4, 0.5) is 5.13 Å². The molecule has 0 aliphatic carbocycles. The highest BCUT2D eigenvalue weighted by Gasteiger charge is 2.13. The summed E-state index contributed by atoms with van der Waals surface area (Å²) >= 11 is 1.26. The van der Waals surface area contributed by atoms with Crippen LogP contribution in [0.1, 0.15) is 16.1 Å². The van der Waals surface area contributed by atoms with E-state index in [1.165, 1.54) is 25.6 Å². The van der Waals surface area contributed by atoms with E-state index in [9.17, 15) is 9.59 Å². The predicted octanol–water partition coefficient (Wildman–Crippen LogP) is 1.72. The Kier molecular flexibility index (Phi) is 7.37. The third kappa shape index (κ3) is 5.43. The number of nitrogens with zero attached hydrogens (tertiary/aromatic N) is 1. The molecule has 2 N–H and O–H groups in total. The summed E-state index contributed by atoms with van der Waals surface area (Å²) in [5.74, 6) is 0.536. The number of ether oxygens (including phenoxy) is 3. The molecule has 2 rings (SSSR count). The number of anilines is 1.